The van der Waals surface area contributed by atoms with Crippen LogP contribution in [0, 0.1) is 17.7 Å². The number of hydrogen-bond acceptors (Lipinski definition) is 2. The lowest BCUT2D eigenvalue weighted by Gasteiger charge is -2.08. The number of aliphatic hydroxyl groups excluding tert-OH is 1. The summed E-state index contributed by atoms with van der Waals surface area (Å²) in [5.74, 6) is 5.26. The molecule has 0 aromatic heterocycles. The van der Waals surface area contributed by atoms with Crippen LogP contribution >= 0.6 is 0 Å². The van der Waals surface area contributed by atoms with E-state index in [9.17, 15) is 4.39 Å². The van der Waals surface area contributed by atoms with Gasteiger partial charge in [0, 0.05) is 11.1 Å². The zero-order valence-corrected chi connectivity index (χ0v) is 10.3. The van der Waals surface area contributed by atoms with E-state index in [0.717, 1.165) is 11.1 Å². The predicted molar refractivity (Wildman–Crippen MR) is 71.1 cm³/mol. The second-order valence-corrected chi connectivity index (χ2v) is 3.84. The van der Waals surface area contributed by atoms with E-state index in [1.807, 2.05) is 24.3 Å². The molecule has 3 heteroatoms. The van der Waals surface area contributed by atoms with Gasteiger partial charge in [0.25, 0.3) is 0 Å². The van der Waals surface area contributed by atoms with Crippen LogP contribution in [0.2, 0.25) is 0 Å². The van der Waals surface area contributed by atoms with E-state index in [4.69, 9.17) is 9.84 Å². The molecule has 0 amide bonds. The van der Waals surface area contributed by atoms with Crippen LogP contribution in [-0.2, 0) is 6.61 Å². The monoisotopic (exact) mass is 256 g/mol. The summed E-state index contributed by atoms with van der Waals surface area (Å²) in [5.41, 5.74) is 1.62. The number of ether oxygens (including phenoxy) is 1. The van der Waals surface area contributed by atoms with Crippen LogP contribution in [0.1, 0.15) is 11.1 Å². The molecule has 0 saturated heterocycles. The van der Waals surface area contributed by atoms with Crippen molar-refractivity contribution in [2.75, 3.05) is 6.61 Å². The zero-order valence-electron chi connectivity index (χ0n) is 10.3. The molecule has 2 nitrogen and oxygen atoms in total. The second-order valence-electron chi connectivity index (χ2n) is 3.84. The molecule has 0 aliphatic carbocycles. The quantitative estimate of drug-likeness (QED) is 0.856. The highest BCUT2D eigenvalue weighted by Crippen LogP contribution is 2.18. The molecule has 0 aliphatic rings. The van der Waals surface area contributed by atoms with Gasteiger partial charge in [-0.3, -0.25) is 0 Å². The van der Waals surface area contributed by atoms with Gasteiger partial charge >= 0.3 is 0 Å². The fourth-order valence-electron chi connectivity index (χ4n) is 1.62. The van der Waals surface area contributed by atoms with E-state index in [-0.39, 0.29) is 24.8 Å². The second kappa shape index (κ2) is 6.58. The molecule has 0 aliphatic heterocycles. The van der Waals surface area contributed by atoms with Crippen LogP contribution < -0.4 is 4.74 Å². The fraction of sp³-hybridized carbons (Fsp3) is 0.125. The van der Waals surface area contributed by atoms with Gasteiger partial charge in [0.2, 0.25) is 0 Å². The molecule has 0 heterocycles. The largest absolute Gasteiger partial charge is 0.486 e. The first-order valence-corrected chi connectivity index (χ1v) is 5.86. The van der Waals surface area contributed by atoms with E-state index in [1.54, 1.807) is 18.2 Å². The minimum absolute atomic E-state index is 0.192. The Morgan fingerprint density at radius 1 is 1.05 bits per heavy atom. The van der Waals surface area contributed by atoms with E-state index in [0.29, 0.717) is 0 Å². The smallest absolute Gasteiger partial charge is 0.165 e. The van der Waals surface area contributed by atoms with Gasteiger partial charge in [-0.1, -0.05) is 42.2 Å². The first-order valence-electron chi connectivity index (χ1n) is 5.86. The lowest BCUT2D eigenvalue weighted by Crippen LogP contribution is -1.99. The Kier molecular flexibility index (Phi) is 4.54. The van der Waals surface area contributed by atoms with E-state index in [1.165, 1.54) is 6.07 Å². The van der Waals surface area contributed by atoms with Crippen LogP contribution in [-0.4, -0.2) is 11.7 Å². The lowest BCUT2D eigenvalue weighted by molar-refractivity contribution is 0.290. The first kappa shape index (κ1) is 13.1. The average Bonchev–Trinajstić information content (AvgIpc) is 2.45. The average molecular weight is 256 g/mol. The first-order chi connectivity index (χ1) is 9.31. The third-order valence-corrected chi connectivity index (χ3v) is 2.54. The van der Waals surface area contributed by atoms with Crippen molar-refractivity contribution in [3.63, 3.8) is 0 Å². The van der Waals surface area contributed by atoms with Crippen LogP contribution in [0.5, 0.6) is 5.75 Å². The predicted octanol–water partition coefficient (Wildman–Crippen LogP) is 2.75. The Balaban J connectivity index is 2.14. The van der Waals surface area contributed by atoms with Gasteiger partial charge in [-0.25, -0.2) is 4.39 Å². The normalized spacial score (nSPS) is 9.58. The molecule has 0 saturated carbocycles. The maximum Gasteiger partial charge on any atom is 0.165 e. The molecule has 1 N–H and O–H groups in total. The van der Waals surface area contributed by atoms with Crippen molar-refractivity contribution in [3.8, 4) is 17.6 Å². The zero-order chi connectivity index (χ0) is 13.5. The maximum absolute atomic E-state index is 13.4. The molecule has 2 aromatic carbocycles. The molecule has 0 bridgehead atoms. The summed E-state index contributed by atoms with van der Waals surface area (Å²) in [7, 11) is 0. The number of para-hydroxylation sites is 1. The standard InChI is InChI=1S/C16H13FO2/c17-15-9-3-4-10-16(15)19-12-14-7-2-1-6-13(14)8-5-11-18/h1-4,6-7,9-10,18H,11-12H2. The van der Waals surface area contributed by atoms with E-state index >= 15 is 0 Å². The molecule has 96 valence electrons. The van der Waals surface area contributed by atoms with Gasteiger partial charge in [0.05, 0.1) is 0 Å². The van der Waals surface area contributed by atoms with Gasteiger partial charge in [0.1, 0.15) is 13.2 Å². The topological polar surface area (TPSA) is 29.5 Å². The van der Waals surface area contributed by atoms with Gasteiger partial charge in [-0.05, 0) is 18.2 Å². The molecule has 0 spiro atoms. The van der Waals surface area contributed by atoms with Crippen molar-refractivity contribution < 1.29 is 14.2 Å². The SMILES string of the molecule is OCC#Cc1ccccc1COc1ccccc1F. The number of hydrogen-bond donors (Lipinski definition) is 1. The van der Waals surface area contributed by atoms with Crippen molar-refractivity contribution in [1.29, 1.82) is 0 Å². The van der Waals surface area contributed by atoms with Crippen LogP contribution in [0.15, 0.2) is 48.5 Å². The molecule has 19 heavy (non-hydrogen) atoms. The Bertz CT molecular complexity index is 611. The van der Waals surface area contributed by atoms with Crippen LogP contribution in [0.3, 0.4) is 0 Å². The summed E-state index contributed by atoms with van der Waals surface area (Å²) in [6, 6.07) is 13.7. The van der Waals surface area contributed by atoms with Crippen molar-refractivity contribution in [2.24, 2.45) is 0 Å². The highest BCUT2D eigenvalue weighted by Gasteiger charge is 2.04. The van der Waals surface area contributed by atoms with Crippen LogP contribution in [0.4, 0.5) is 4.39 Å². The Labute approximate surface area is 111 Å². The molecular formula is C16H13FO2. The summed E-state index contributed by atoms with van der Waals surface area (Å²) in [4.78, 5) is 0. The lowest BCUT2D eigenvalue weighted by atomic mass is 10.1. The minimum atomic E-state index is -0.388. The molecular weight excluding hydrogens is 243 g/mol. The minimum Gasteiger partial charge on any atom is -0.486 e. The van der Waals surface area contributed by atoms with Crippen molar-refractivity contribution in [2.45, 2.75) is 6.61 Å². The number of aliphatic hydroxyl groups is 1. The van der Waals surface area contributed by atoms with Crippen molar-refractivity contribution in [1.82, 2.24) is 0 Å². The van der Waals surface area contributed by atoms with Crippen molar-refractivity contribution >= 4 is 0 Å². The molecule has 2 rings (SSSR count). The Morgan fingerprint density at radius 2 is 1.79 bits per heavy atom. The highest BCUT2D eigenvalue weighted by atomic mass is 19.1. The Hall–Kier alpha value is -2.31. The summed E-state index contributed by atoms with van der Waals surface area (Å²) >= 11 is 0. The summed E-state index contributed by atoms with van der Waals surface area (Å²) in [6.07, 6.45) is 0. The number of benzene rings is 2. The third kappa shape index (κ3) is 3.57. The van der Waals surface area contributed by atoms with Gasteiger partial charge in [0.15, 0.2) is 11.6 Å². The molecule has 0 fully saturated rings. The maximum atomic E-state index is 13.4. The molecule has 0 radical (unpaired) electrons. The third-order valence-electron chi connectivity index (χ3n) is 2.54. The van der Waals surface area contributed by atoms with Gasteiger partial charge in [-0.15, -0.1) is 0 Å². The molecule has 0 atom stereocenters. The molecule has 0 unspecified atom stereocenters. The summed E-state index contributed by atoms with van der Waals surface area (Å²) in [6.45, 7) is 0.0414. The number of halogens is 1. The van der Waals surface area contributed by atoms with Gasteiger partial charge in [-0.2, -0.15) is 0 Å². The van der Waals surface area contributed by atoms with Crippen LogP contribution in [0.25, 0.3) is 0 Å². The fourth-order valence-corrected chi connectivity index (χ4v) is 1.62. The van der Waals surface area contributed by atoms with Crippen molar-refractivity contribution in [3.05, 3.63) is 65.5 Å². The summed E-state index contributed by atoms with van der Waals surface area (Å²) < 4.78 is 18.8. The summed E-state index contributed by atoms with van der Waals surface area (Å²) in [5, 5.41) is 8.71. The number of rotatable bonds is 3. The Morgan fingerprint density at radius 3 is 2.58 bits per heavy atom. The van der Waals surface area contributed by atoms with E-state index < -0.39 is 0 Å². The van der Waals surface area contributed by atoms with E-state index in [2.05, 4.69) is 11.8 Å². The molecule has 2 aromatic rings. The highest BCUT2D eigenvalue weighted by molar-refractivity contribution is 5.41. The van der Waals surface area contributed by atoms with Gasteiger partial charge < -0.3 is 9.84 Å².